The smallest absolute Gasteiger partial charge is 0.416 e. The van der Waals surface area contributed by atoms with Crippen molar-refractivity contribution in [3.8, 4) is 0 Å². The average Bonchev–Trinajstić information content (AvgIpc) is 3.20. The van der Waals surface area contributed by atoms with Crippen molar-refractivity contribution in [3.63, 3.8) is 0 Å². The number of rotatable bonds is 6. The van der Waals surface area contributed by atoms with Crippen LogP contribution in [0, 0.1) is 6.92 Å². The lowest BCUT2D eigenvalue weighted by molar-refractivity contribution is -0.137. The topological polar surface area (TPSA) is 92.9 Å². The van der Waals surface area contributed by atoms with Crippen LogP contribution in [-0.4, -0.2) is 24.2 Å². The van der Waals surface area contributed by atoms with Gasteiger partial charge in [-0.2, -0.15) is 18.3 Å². The quantitative estimate of drug-likeness (QED) is 0.312. The van der Waals surface area contributed by atoms with Crippen molar-refractivity contribution in [2.45, 2.75) is 39.3 Å². The number of ether oxygens (including phenoxy) is 1. The molecule has 4 rings (SSSR count). The molecule has 1 aromatic heterocycles. The molecule has 0 saturated heterocycles. The number of halogens is 3. The molecule has 0 aliphatic heterocycles. The molecule has 0 atom stereocenters. The molecule has 0 unspecified atom stereocenters. The number of anilines is 2. The van der Waals surface area contributed by atoms with Crippen LogP contribution in [0.15, 0.2) is 58.0 Å². The average molecular weight is 499 g/mol. The highest BCUT2D eigenvalue weighted by molar-refractivity contribution is 6.09. The minimum Gasteiger partial charge on any atom is -0.462 e. The van der Waals surface area contributed by atoms with E-state index in [1.807, 2.05) is 0 Å². The second kappa shape index (κ2) is 10.3. The number of nitrogens with zero attached hydrogens (tertiary/aromatic N) is 1. The van der Waals surface area contributed by atoms with Gasteiger partial charge in [-0.05, 0) is 69.2 Å². The van der Waals surface area contributed by atoms with E-state index in [4.69, 9.17) is 9.15 Å². The molecule has 36 heavy (non-hydrogen) atoms. The predicted octanol–water partition coefficient (Wildman–Crippen LogP) is 6.19. The van der Waals surface area contributed by atoms with Crippen LogP contribution in [0.1, 0.15) is 63.1 Å². The lowest BCUT2D eigenvalue weighted by atomic mass is 9.93. The summed E-state index contributed by atoms with van der Waals surface area (Å²) < 4.78 is 49.8. The lowest BCUT2D eigenvalue weighted by Crippen LogP contribution is -2.14. The van der Waals surface area contributed by atoms with E-state index in [1.54, 1.807) is 38.1 Å². The van der Waals surface area contributed by atoms with Gasteiger partial charge < -0.3 is 14.5 Å². The van der Waals surface area contributed by atoms with Crippen molar-refractivity contribution in [2.75, 3.05) is 17.3 Å². The molecule has 10 heteroatoms. The summed E-state index contributed by atoms with van der Waals surface area (Å²) in [6.45, 7) is 3.72. The Kier molecular flexibility index (Phi) is 7.14. The molecule has 2 N–H and O–H groups in total. The standard InChI is InChI=1S/C26H24F3N3O4/c1-3-35-25(34)16-10-12-18(13-11-16)30-24(33)23-15(2)22-20(8-5-9-21(22)36-23)32-31-19-7-4-6-17(14-19)26(27,28)29/h4,6-7,10-14,31H,3,5,8-9H2,1-2H3,(H,30,33)/b32-20+. The zero-order valence-corrected chi connectivity index (χ0v) is 19.7. The number of hydrogen-bond acceptors (Lipinski definition) is 6. The molecule has 0 saturated carbocycles. The Hall–Kier alpha value is -4.08. The van der Waals surface area contributed by atoms with Crippen molar-refractivity contribution < 1.29 is 31.9 Å². The number of alkyl halides is 3. The van der Waals surface area contributed by atoms with E-state index in [9.17, 15) is 22.8 Å². The highest BCUT2D eigenvalue weighted by Gasteiger charge is 2.31. The van der Waals surface area contributed by atoms with Gasteiger partial charge in [-0.3, -0.25) is 10.2 Å². The third-order valence-electron chi connectivity index (χ3n) is 5.70. The molecule has 2 aromatic carbocycles. The Bertz CT molecular complexity index is 1310. The van der Waals surface area contributed by atoms with Crippen LogP contribution < -0.4 is 10.7 Å². The summed E-state index contributed by atoms with van der Waals surface area (Å²) >= 11 is 0. The molecule has 3 aromatic rings. The van der Waals surface area contributed by atoms with E-state index in [-0.39, 0.29) is 18.1 Å². The molecule has 0 radical (unpaired) electrons. The molecule has 1 amide bonds. The first-order chi connectivity index (χ1) is 17.2. The number of carbonyl (C=O) groups excluding carboxylic acids is 2. The number of benzene rings is 2. The van der Waals surface area contributed by atoms with Crippen molar-refractivity contribution in [1.29, 1.82) is 0 Å². The monoisotopic (exact) mass is 499 g/mol. The van der Waals surface area contributed by atoms with Crippen molar-refractivity contribution in [2.24, 2.45) is 5.10 Å². The molecule has 1 aliphatic carbocycles. The van der Waals surface area contributed by atoms with E-state index in [2.05, 4.69) is 15.8 Å². The lowest BCUT2D eigenvalue weighted by Gasteiger charge is -2.14. The predicted molar refractivity (Wildman–Crippen MR) is 128 cm³/mol. The Morgan fingerprint density at radius 1 is 1.08 bits per heavy atom. The minimum atomic E-state index is -4.45. The normalized spacial score (nSPS) is 14.3. The Balaban J connectivity index is 1.52. The molecular formula is C26H24F3N3O4. The number of furan rings is 1. The number of carbonyl (C=O) groups is 2. The number of aryl methyl sites for hydroxylation is 1. The maximum Gasteiger partial charge on any atom is 0.416 e. The summed E-state index contributed by atoms with van der Waals surface area (Å²) in [5, 5.41) is 7.09. The second-order valence-electron chi connectivity index (χ2n) is 8.21. The van der Waals surface area contributed by atoms with E-state index < -0.39 is 23.6 Å². The van der Waals surface area contributed by atoms with Crippen LogP contribution in [0.2, 0.25) is 0 Å². The highest BCUT2D eigenvalue weighted by Crippen LogP contribution is 2.32. The zero-order chi connectivity index (χ0) is 25.9. The molecule has 1 heterocycles. The van der Waals surface area contributed by atoms with Gasteiger partial charge in [0.1, 0.15) is 5.76 Å². The number of hydrogen-bond donors (Lipinski definition) is 2. The van der Waals surface area contributed by atoms with E-state index in [0.717, 1.165) is 18.6 Å². The van der Waals surface area contributed by atoms with Crippen molar-refractivity contribution in [1.82, 2.24) is 0 Å². The Morgan fingerprint density at radius 2 is 1.83 bits per heavy atom. The number of amides is 1. The third kappa shape index (κ3) is 5.42. The van der Waals surface area contributed by atoms with Gasteiger partial charge in [-0.15, -0.1) is 0 Å². The number of hydrazone groups is 1. The van der Waals surface area contributed by atoms with Gasteiger partial charge in [0.05, 0.1) is 29.1 Å². The molecular weight excluding hydrogens is 475 g/mol. The highest BCUT2D eigenvalue weighted by atomic mass is 19.4. The van der Waals surface area contributed by atoms with Crippen molar-refractivity contribution >= 4 is 29.0 Å². The first kappa shape index (κ1) is 25.0. The van der Waals surface area contributed by atoms with Crippen LogP contribution in [0.25, 0.3) is 0 Å². The van der Waals surface area contributed by atoms with Crippen LogP contribution in [0.5, 0.6) is 0 Å². The first-order valence-electron chi connectivity index (χ1n) is 11.4. The van der Waals surface area contributed by atoms with Gasteiger partial charge in [0.25, 0.3) is 5.91 Å². The fourth-order valence-corrected chi connectivity index (χ4v) is 3.99. The van der Waals surface area contributed by atoms with E-state index in [0.29, 0.717) is 46.7 Å². The van der Waals surface area contributed by atoms with Gasteiger partial charge in [0, 0.05) is 23.2 Å². The van der Waals surface area contributed by atoms with Crippen LogP contribution in [-0.2, 0) is 17.3 Å². The second-order valence-corrected chi connectivity index (χ2v) is 8.21. The molecule has 0 bridgehead atoms. The summed E-state index contributed by atoms with van der Waals surface area (Å²) in [4.78, 5) is 24.7. The van der Waals surface area contributed by atoms with E-state index in [1.165, 1.54) is 12.1 Å². The summed E-state index contributed by atoms with van der Waals surface area (Å²) in [6.07, 6.45) is -2.54. The van der Waals surface area contributed by atoms with Gasteiger partial charge in [-0.1, -0.05) is 6.07 Å². The van der Waals surface area contributed by atoms with Gasteiger partial charge in [-0.25, -0.2) is 4.79 Å². The summed E-state index contributed by atoms with van der Waals surface area (Å²) in [6, 6.07) is 11.1. The Labute approximate surface area is 205 Å². The largest absolute Gasteiger partial charge is 0.462 e. The van der Waals surface area contributed by atoms with Crippen LogP contribution >= 0.6 is 0 Å². The van der Waals surface area contributed by atoms with Gasteiger partial charge >= 0.3 is 12.1 Å². The zero-order valence-electron chi connectivity index (χ0n) is 19.7. The minimum absolute atomic E-state index is 0.128. The molecule has 0 spiro atoms. The SMILES string of the molecule is CCOC(=O)c1ccc(NC(=O)c2oc3c(c2C)/C(=N/Nc2cccc(C(F)(F)F)c2)CCC3)cc1. The van der Waals surface area contributed by atoms with Crippen LogP contribution in [0.4, 0.5) is 24.5 Å². The van der Waals surface area contributed by atoms with E-state index >= 15 is 0 Å². The van der Waals surface area contributed by atoms with Crippen molar-refractivity contribution in [3.05, 3.63) is 82.3 Å². The van der Waals surface area contributed by atoms with Crippen LogP contribution in [0.3, 0.4) is 0 Å². The Morgan fingerprint density at radius 3 is 2.53 bits per heavy atom. The molecule has 7 nitrogen and oxygen atoms in total. The maximum atomic E-state index is 13.0. The third-order valence-corrected chi connectivity index (χ3v) is 5.70. The summed E-state index contributed by atoms with van der Waals surface area (Å²) in [5.74, 6) is -0.180. The first-order valence-corrected chi connectivity index (χ1v) is 11.4. The summed E-state index contributed by atoms with van der Waals surface area (Å²) in [5.41, 5.74) is 4.86. The fraction of sp³-hybridized carbons (Fsp3) is 0.269. The molecule has 1 aliphatic rings. The maximum absolute atomic E-state index is 13.0. The number of fused-ring (bicyclic) bond motifs is 1. The molecule has 188 valence electrons. The summed E-state index contributed by atoms with van der Waals surface area (Å²) in [7, 11) is 0. The van der Waals surface area contributed by atoms with Gasteiger partial charge in [0.15, 0.2) is 5.76 Å². The number of esters is 1. The van der Waals surface area contributed by atoms with Gasteiger partial charge in [0.2, 0.25) is 0 Å². The fourth-order valence-electron chi connectivity index (χ4n) is 3.99. The number of nitrogens with one attached hydrogen (secondary N) is 2. The molecule has 0 fully saturated rings.